The molecule has 0 aromatic heterocycles. The molecule has 0 amide bonds. The van der Waals surface area contributed by atoms with Gasteiger partial charge < -0.3 is 10.2 Å². The van der Waals surface area contributed by atoms with E-state index < -0.39 is 0 Å². The Balaban J connectivity index is 1.60. The first kappa shape index (κ1) is 12.1. The summed E-state index contributed by atoms with van der Waals surface area (Å²) in [5.74, 6) is 0.795. The van der Waals surface area contributed by atoms with Crippen molar-refractivity contribution in [2.24, 2.45) is 5.92 Å². The highest BCUT2D eigenvalue weighted by Crippen LogP contribution is 2.35. The maximum atomic E-state index is 3.80. The number of benzene rings is 1. The number of nitrogens with zero attached hydrogens (tertiary/aromatic N) is 1. The summed E-state index contributed by atoms with van der Waals surface area (Å²) in [5.41, 5.74) is 4.32. The normalized spacial score (nSPS) is 28.2. The lowest BCUT2D eigenvalue weighted by molar-refractivity contribution is 0.335. The molecule has 0 bridgehead atoms. The van der Waals surface area contributed by atoms with Crippen LogP contribution in [0.1, 0.15) is 37.7 Å². The van der Waals surface area contributed by atoms with Crippen molar-refractivity contribution in [1.29, 1.82) is 0 Å². The van der Waals surface area contributed by atoms with Crippen LogP contribution in [0.15, 0.2) is 48.3 Å². The van der Waals surface area contributed by atoms with Crippen LogP contribution >= 0.6 is 0 Å². The zero-order valence-electron chi connectivity index (χ0n) is 11.9. The summed E-state index contributed by atoms with van der Waals surface area (Å²) in [7, 11) is 0. The minimum Gasteiger partial charge on any atom is -0.368 e. The van der Waals surface area contributed by atoms with E-state index in [1.807, 2.05) is 0 Å². The van der Waals surface area contributed by atoms with Crippen LogP contribution < -0.4 is 10.2 Å². The van der Waals surface area contributed by atoms with Gasteiger partial charge in [-0.1, -0.05) is 30.4 Å². The first-order valence-corrected chi connectivity index (χ1v) is 7.91. The molecule has 0 saturated carbocycles. The number of allylic oxidation sites excluding steroid dienone is 3. The van der Waals surface area contributed by atoms with Gasteiger partial charge in [0.25, 0.3) is 0 Å². The third-order valence-corrected chi connectivity index (χ3v) is 4.89. The van der Waals surface area contributed by atoms with E-state index in [2.05, 4.69) is 52.8 Å². The van der Waals surface area contributed by atoms with E-state index in [1.165, 1.54) is 49.1 Å². The Morgan fingerprint density at radius 3 is 3.05 bits per heavy atom. The zero-order valence-corrected chi connectivity index (χ0v) is 11.9. The predicted molar refractivity (Wildman–Crippen MR) is 83.3 cm³/mol. The highest BCUT2D eigenvalue weighted by molar-refractivity contribution is 5.59. The standard InChI is InChI=1S/C18H22N2/c1-3-9-16-14(6-1)11-12-18(19-16)20-13-5-8-15-7-2-4-10-17(15)20/h2,4-5,7,9-10,13-14,18-19H,1,3,6,8,11-12H2. The van der Waals surface area contributed by atoms with Gasteiger partial charge in [0.05, 0.1) is 0 Å². The van der Waals surface area contributed by atoms with E-state index in [0.717, 1.165) is 12.3 Å². The van der Waals surface area contributed by atoms with Gasteiger partial charge in [-0.2, -0.15) is 0 Å². The van der Waals surface area contributed by atoms with E-state index in [0.29, 0.717) is 6.17 Å². The molecule has 0 spiro atoms. The molecule has 2 nitrogen and oxygen atoms in total. The predicted octanol–water partition coefficient (Wildman–Crippen LogP) is 3.96. The minimum absolute atomic E-state index is 0.424. The molecule has 2 atom stereocenters. The molecule has 0 radical (unpaired) electrons. The maximum absolute atomic E-state index is 3.80. The van der Waals surface area contributed by atoms with Crippen LogP contribution in [0, 0.1) is 5.92 Å². The molecule has 1 fully saturated rings. The van der Waals surface area contributed by atoms with Crippen LogP contribution in [0.3, 0.4) is 0 Å². The van der Waals surface area contributed by atoms with E-state index in [1.54, 1.807) is 0 Å². The Bertz CT molecular complexity index is 558. The largest absolute Gasteiger partial charge is 0.368 e. The highest BCUT2D eigenvalue weighted by atomic mass is 15.3. The fourth-order valence-electron chi connectivity index (χ4n) is 3.83. The number of hydrogen-bond acceptors (Lipinski definition) is 2. The van der Waals surface area contributed by atoms with Gasteiger partial charge in [0, 0.05) is 17.6 Å². The van der Waals surface area contributed by atoms with Gasteiger partial charge in [-0.25, -0.2) is 0 Å². The molecule has 4 rings (SSSR count). The summed E-state index contributed by atoms with van der Waals surface area (Å²) in [6.45, 7) is 0. The Hall–Kier alpha value is -1.70. The van der Waals surface area contributed by atoms with Gasteiger partial charge in [-0.3, -0.25) is 0 Å². The summed E-state index contributed by atoms with van der Waals surface area (Å²) >= 11 is 0. The Morgan fingerprint density at radius 1 is 1.10 bits per heavy atom. The third-order valence-electron chi connectivity index (χ3n) is 4.89. The molecule has 1 aromatic carbocycles. The van der Waals surface area contributed by atoms with Crippen LogP contribution in [0.5, 0.6) is 0 Å². The molecule has 2 heteroatoms. The van der Waals surface area contributed by atoms with Gasteiger partial charge in [-0.15, -0.1) is 0 Å². The number of fused-ring (bicyclic) bond motifs is 2. The van der Waals surface area contributed by atoms with E-state index in [4.69, 9.17) is 0 Å². The van der Waals surface area contributed by atoms with Gasteiger partial charge in [0.15, 0.2) is 0 Å². The number of anilines is 1. The molecule has 1 saturated heterocycles. The first-order valence-electron chi connectivity index (χ1n) is 7.91. The number of nitrogens with one attached hydrogen (secondary N) is 1. The van der Waals surface area contributed by atoms with Gasteiger partial charge >= 0.3 is 0 Å². The zero-order chi connectivity index (χ0) is 13.4. The van der Waals surface area contributed by atoms with E-state index in [-0.39, 0.29) is 0 Å². The molecule has 2 aliphatic heterocycles. The average Bonchev–Trinajstić information content (AvgIpc) is 2.54. The average molecular weight is 266 g/mol. The molecule has 1 aromatic rings. The molecular weight excluding hydrogens is 244 g/mol. The lowest BCUT2D eigenvalue weighted by Crippen LogP contribution is -2.48. The van der Waals surface area contributed by atoms with Crippen molar-refractivity contribution in [2.75, 3.05) is 4.90 Å². The molecular formula is C18H22N2. The number of rotatable bonds is 1. The summed E-state index contributed by atoms with van der Waals surface area (Å²) in [6.07, 6.45) is 15.0. The molecule has 20 heavy (non-hydrogen) atoms. The molecule has 2 heterocycles. The highest BCUT2D eigenvalue weighted by Gasteiger charge is 2.30. The summed E-state index contributed by atoms with van der Waals surface area (Å²) in [5, 5.41) is 3.80. The molecule has 3 aliphatic rings. The molecule has 1 aliphatic carbocycles. The quantitative estimate of drug-likeness (QED) is 0.827. The van der Waals surface area contributed by atoms with Gasteiger partial charge in [0.1, 0.15) is 6.17 Å². The van der Waals surface area contributed by atoms with Crippen LogP contribution in [-0.4, -0.2) is 6.17 Å². The van der Waals surface area contributed by atoms with E-state index in [9.17, 15) is 0 Å². The summed E-state index contributed by atoms with van der Waals surface area (Å²) < 4.78 is 0. The van der Waals surface area contributed by atoms with Crippen molar-refractivity contribution in [1.82, 2.24) is 5.32 Å². The fraction of sp³-hybridized carbons (Fsp3) is 0.444. The monoisotopic (exact) mass is 266 g/mol. The minimum atomic E-state index is 0.424. The smallest absolute Gasteiger partial charge is 0.103 e. The second-order valence-electron chi connectivity index (χ2n) is 6.15. The van der Waals surface area contributed by atoms with Crippen LogP contribution in [0.2, 0.25) is 0 Å². The van der Waals surface area contributed by atoms with Crippen LogP contribution in [0.25, 0.3) is 0 Å². The first-order chi connectivity index (χ1) is 9.92. The summed E-state index contributed by atoms with van der Waals surface area (Å²) in [6, 6.07) is 8.79. The van der Waals surface area contributed by atoms with Crippen LogP contribution in [0.4, 0.5) is 5.69 Å². The van der Waals surface area contributed by atoms with E-state index >= 15 is 0 Å². The molecule has 104 valence electrons. The number of piperidine rings is 1. The Kier molecular flexibility index (Phi) is 3.02. The lowest BCUT2D eigenvalue weighted by atomic mass is 9.85. The van der Waals surface area contributed by atoms with Gasteiger partial charge in [-0.05, 0) is 56.1 Å². The Morgan fingerprint density at radius 2 is 2.05 bits per heavy atom. The van der Waals surface area contributed by atoms with Gasteiger partial charge in [0.2, 0.25) is 0 Å². The maximum Gasteiger partial charge on any atom is 0.103 e. The SMILES string of the molecule is C1=CN(C2CCC3CCCC=C3N2)c2ccccc2C1. The van der Waals surface area contributed by atoms with Crippen molar-refractivity contribution in [3.63, 3.8) is 0 Å². The van der Waals surface area contributed by atoms with Crippen molar-refractivity contribution in [3.8, 4) is 0 Å². The lowest BCUT2D eigenvalue weighted by Gasteiger charge is -2.42. The number of para-hydroxylation sites is 1. The second-order valence-corrected chi connectivity index (χ2v) is 6.15. The van der Waals surface area contributed by atoms with Crippen molar-refractivity contribution < 1.29 is 0 Å². The summed E-state index contributed by atoms with van der Waals surface area (Å²) in [4.78, 5) is 2.44. The topological polar surface area (TPSA) is 15.3 Å². The molecule has 2 unspecified atom stereocenters. The van der Waals surface area contributed by atoms with Crippen LogP contribution in [-0.2, 0) is 6.42 Å². The fourth-order valence-corrected chi connectivity index (χ4v) is 3.83. The van der Waals surface area contributed by atoms with Crippen molar-refractivity contribution in [3.05, 3.63) is 53.9 Å². The second kappa shape index (κ2) is 5.01. The Labute approximate surface area is 121 Å². The van der Waals surface area contributed by atoms with Crippen molar-refractivity contribution >= 4 is 5.69 Å². The third kappa shape index (κ3) is 2.04. The van der Waals surface area contributed by atoms with Crippen molar-refractivity contribution in [2.45, 2.75) is 44.7 Å². The number of hydrogen-bond donors (Lipinski definition) is 1. The molecule has 1 N–H and O–H groups in total.